The third-order valence-corrected chi connectivity index (χ3v) is 5.42. The molecule has 2 saturated heterocycles. The minimum atomic E-state index is 0.333. The lowest BCUT2D eigenvalue weighted by Gasteiger charge is -2.40. The number of piperidine rings is 1. The first kappa shape index (κ1) is 16.2. The maximum atomic E-state index is 5.53. The molecule has 0 aromatic heterocycles. The summed E-state index contributed by atoms with van der Waals surface area (Å²) in [5.74, 6) is 0. The molecule has 0 unspecified atom stereocenters. The standard InChI is InChI=1S/C16H32N2O2/c1-3-15(6-10-20-11-7-15)12-18-13-16(14-19-2)4-8-17-9-5-16/h17-18H,3-14H2,1-2H3. The van der Waals surface area contributed by atoms with Crippen molar-refractivity contribution >= 4 is 0 Å². The van der Waals surface area contributed by atoms with Gasteiger partial charge in [0.2, 0.25) is 0 Å². The van der Waals surface area contributed by atoms with Gasteiger partial charge >= 0.3 is 0 Å². The number of methoxy groups -OCH3 is 1. The molecule has 0 radical (unpaired) electrons. The molecule has 2 N–H and O–H groups in total. The zero-order chi connectivity index (χ0) is 14.3. The lowest BCUT2D eigenvalue weighted by atomic mass is 9.76. The molecule has 118 valence electrons. The van der Waals surface area contributed by atoms with Gasteiger partial charge in [-0.1, -0.05) is 6.92 Å². The average Bonchev–Trinajstić information content (AvgIpc) is 2.49. The minimum absolute atomic E-state index is 0.333. The van der Waals surface area contributed by atoms with Crippen molar-refractivity contribution in [2.24, 2.45) is 10.8 Å². The zero-order valence-corrected chi connectivity index (χ0v) is 13.3. The Hall–Kier alpha value is -0.160. The van der Waals surface area contributed by atoms with Crippen LogP contribution in [0.3, 0.4) is 0 Å². The third-order valence-electron chi connectivity index (χ3n) is 5.42. The molecule has 2 rings (SSSR count). The first-order chi connectivity index (χ1) is 9.74. The Morgan fingerprint density at radius 2 is 1.70 bits per heavy atom. The second-order valence-electron chi connectivity index (χ2n) is 6.75. The number of rotatable bonds is 7. The Bertz CT molecular complexity index is 266. The fraction of sp³-hybridized carbons (Fsp3) is 1.00. The summed E-state index contributed by atoms with van der Waals surface area (Å²) in [7, 11) is 1.83. The van der Waals surface area contributed by atoms with Crippen molar-refractivity contribution in [3.63, 3.8) is 0 Å². The van der Waals surface area contributed by atoms with Gasteiger partial charge in [-0.2, -0.15) is 0 Å². The summed E-state index contributed by atoms with van der Waals surface area (Å²) in [5, 5.41) is 7.24. The van der Waals surface area contributed by atoms with Crippen molar-refractivity contribution < 1.29 is 9.47 Å². The molecule has 20 heavy (non-hydrogen) atoms. The number of hydrogen-bond donors (Lipinski definition) is 2. The Labute approximate surface area is 124 Å². The van der Waals surface area contributed by atoms with E-state index in [1.54, 1.807) is 0 Å². The highest BCUT2D eigenvalue weighted by atomic mass is 16.5. The van der Waals surface area contributed by atoms with Gasteiger partial charge in [0.25, 0.3) is 0 Å². The highest BCUT2D eigenvalue weighted by Crippen LogP contribution is 2.34. The van der Waals surface area contributed by atoms with Crippen LogP contribution in [0.5, 0.6) is 0 Å². The van der Waals surface area contributed by atoms with Crippen molar-refractivity contribution in [2.75, 3.05) is 53.1 Å². The van der Waals surface area contributed by atoms with Crippen molar-refractivity contribution in [1.82, 2.24) is 10.6 Å². The predicted molar refractivity (Wildman–Crippen MR) is 82.1 cm³/mol. The van der Waals surface area contributed by atoms with E-state index in [4.69, 9.17) is 9.47 Å². The smallest absolute Gasteiger partial charge is 0.0531 e. The predicted octanol–water partition coefficient (Wildman–Crippen LogP) is 1.80. The van der Waals surface area contributed by atoms with E-state index in [1.807, 2.05) is 7.11 Å². The van der Waals surface area contributed by atoms with E-state index < -0.39 is 0 Å². The van der Waals surface area contributed by atoms with Gasteiger partial charge in [0.15, 0.2) is 0 Å². The average molecular weight is 284 g/mol. The van der Waals surface area contributed by atoms with Crippen molar-refractivity contribution in [2.45, 2.75) is 39.0 Å². The van der Waals surface area contributed by atoms with Gasteiger partial charge in [0.1, 0.15) is 0 Å². The molecule has 0 spiro atoms. The van der Waals surface area contributed by atoms with Crippen LogP contribution in [0, 0.1) is 10.8 Å². The van der Waals surface area contributed by atoms with Crippen LogP contribution in [0.4, 0.5) is 0 Å². The summed E-state index contributed by atoms with van der Waals surface area (Å²) < 4.78 is 11.0. The van der Waals surface area contributed by atoms with Gasteiger partial charge in [-0.15, -0.1) is 0 Å². The molecule has 0 aromatic carbocycles. The van der Waals surface area contributed by atoms with Gasteiger partial charge in [-0.05, 0) is 50.6 Å². The van der Waals surface area contributed by atoms with Crippen molar-refractivity contribution in [3.05, 3.63) is 0 Å². The summed E-state index contributed by atoms with van der Waals surface area (Å²) in [6.07, 6.45) is 6.10. The fourth-order valence-electron chi connectivity index (χ4n) is 3.69. The van der Waals surface area contributed by atoms with E-state index >= 15 is 0 Å². The van der Waals surface area contributed by atoms with Gasteiger partial charge in [0.05, 0.1) is 6.61 Å². The molecule has 2 heterocycles. The van der Waals surface area contributed by atoms with Crippen LogP contribution < -0.4 is 10.6 Å². The SMILES string of the molecule is CCC1(CNCC2(COC)CCNCC2)CCOCC1. The zero-order valence-electron chi connectivity index (χ0n) is 13.3. The van der Waals surface area contributed by atoms with Crippen LogP contribution in [0.25, 0.3) is 0 Å². The highest BCUT2D eigenvalue weighted by Gasteiger charge is 2.34. The van der Waals surface area contributed by atoms with Crippen LogP contribution in [0.15, 0.2) is 0 Å². The lowest BCUT2D eigenvalue weighted by molar-refractivity contribution is 0.00723. The molecule has 4 heteroatoms. The summed E-state index contributed by atoms with van der Waals surface area (Å²) in [6, 6.07) is 0. The maximum Gasteiger partial charge on any atom is 0.0531 e. The Morgan fingerprint density at radius 3 is 2.30 bits per heavy atom. The molecule has 2 aliphatic rings. The van der Waals surface area contributed by atoms with E-state index in [9.17, 15) is 0 Å². The summed E-state index contributed by atoms with van der Waals surface area (Å²) in [5.41, 5.74) is 0.791. The van der Waals surface area contributed by atoms with Crippen LogP contribution in [-0.2, 0) is 9.47 Å². The summed E-state index contributed by atoms with van der Waals surface area (Å²) in [4.78, 5) is 0. The van der Waals surface area contributed by atoms with Crippen LogP contribution in [0.2, 0.25) is 0 Å². The number of hydrogen-bond acceptors (Lipinski definition) is 4. The second-order valence-corrected chi connectivity index (χ2v) is 6.75. The normalized spacial score (nSPS) is 25.5. The molecular weight excluding hydrogens is 252 g/mol. The Kier molecular flexibility index (Phi) is 6.27. The first-order valence-electron chi connectivity index (χ1n) is 8.22. The van der Waals surface area contributed by atoms with Crippen molar-refractivity contribution in [1.29, 1.82) is 0 Å². The molecule has 0 amide bonds. The largest absolute Gasteiger partial charge is 0.384 e. The number of nitrogens with one attached hydrogen (secondary N) is 2. The molecule has 0 bridgehead atoms. The van der Waals surface area contributed by atoms with Gasteiger partial charge in [-0.25, -0.2) is 0 Å². The second kappa shape index (κ2) is 7.74. The molecule has 2 fully saturated rings. The molecule has 4 nitrogen and oxygen atoms in total. The van der Waals surface area contributed by atoms with E-state index in [1.165, 1.54) is 32.1 Å². The van der Waals surface area contributed by atoms with E-state index in [0.717, 1.165) is 46.0 Å². The molecule has 0 saturated carbocycles. The van der Waals surface area contributed by atoms with E-state index in [2.05, 4.69) is 17.6 Å². The monoisotopic (exact) mass is 284 g/mol. The fourth-order valence-corrected chi connectivity index (χ4v) is 3.69. The molecule has 0 atom stereocenters. The molecular formula is C16H32N2O2. The van der Waals surface area contributed by atoms with Crippen LogP contribution in [0.1, 0.15) is 39.0 Å². The molecule has 2 aliphatic heterocycles. The minimum Gasteiger partial charge on any atom is -0.384 e. The Balaban J connectivity index is 1.82. The van der Waals surface area contributed by atoms with Gasteiger partial charge in [-0.3, -0.25) is 0 Å². The topological polar surface area (TPSA) is 42.5 Å². The van der Waals surface area contributed by atoms with Gasteiger partial charge < -0.3 is 20.1 Å². The lowest BCUT2D eigenvalue weighted by Crippen LogP contribution is -2.48. The van der Waals surface area contributed by atoms with E-state index in [0.29, 0.717) is 10.8 Å². The quantitative estimate of drug-likeness (QED) is 0.748. The maximum absolute atomic E-state index is 5.53. The Morgan fingerprint density at radius 1 is 1.05 bits per heavy atom. The third kappa shape index (κ3) is 4.17. The van der Waals surface area contributed by atoms with E-state index in [-0.39, 0.29) is 0 Å². The van der Waals surface area contributed by atoms with Gasteiger partial charge in [0, 0.05) is 38.8 Å². The number of ether oxygens (including phenoxy) is 2. The highest BCUT2D eigenvalue weighted by molar-refractivity contribution is 4.89. The summed E-state index contributed by atoms with van der Waals surface area (Å²) >= 11 is 0. The van der Waals surface area contributed by atoms with Crippen LogP contribution in [-0.4, -0.2) is 53.1 Å². The molecule has 0 aliphatic carbocycles. The van der Waals surface area contributed by atoms with Crippen molar-refractivity contribution in [3.8, 4) is 0 Å². The molecule has 0 aromatic rings. The first-order valence-corrected chi connectivity index (χ1v) is 8.22. The summed E-state index contributed by atoms with van der Waals surface area (Å²) in [6.45, 7) is 9.53. The van der Waals surface area contributed by atoms with Crippen LogP contribution >= 0.6 is 0 Å².